The summed E-state index contributed by atoms with van der Waals surface area (Å²) in [6, 6.07) is 10.3. The summed E-state index contributed by atoms with van der Waals surface area (Å²) in [5, 5.41) is 1.06. The van der Waals surface area contributed by atoms with Gasteiger partial charge in [0.2, 0.25) is 0 Å². The number of aryl methyl sites for hydroxylation is 1. The first-order valence-electron chi connectivity index (χ1n) is 9.15. The first-order valence-corrected chi connectivity index (χ1v) is 9.96. The van der Waals surface area contributed by atoms with Gasteiger partial charge in [-0.2, -0.15) is 0 Å². The Hall–Kier alpha value is -2.34. The zero-order chi connectivity index (χ0) is 18.3. The van der Waals surface area contributed by atoms with Crippen LogP contribution in [0, 0.1) is 13.8 Å². The molecule has 1 fully saturated rings. The van der Waals surface area contributed by atoms with Crippen molar-refractivity contribution >= 4 is 32.6 Å². The predicted molar refractivity (Wildman–Crippen MR) is 107 cm³/mol. The molecule has 136 valence electrons. The first kappa shape index (κ1) is 17.1. The Kier molecular flexibility index (Phi) is 4.44. The van der Waals surface area contributed by atoms with Crippen LogP contribution < -0.4 is 4.90 Å². The number of benzene rings is 1. The van der Waals surface area contributed by atoms with Gasteiger partial charge in [0.05, 0.1) is 15.8 Å². The second-order valence-electron chi connectivity index (χ2n) is 6.77. The van der Waals surface area contributed by atoms with Crippen molar-refractivity contribution in [2.75, 3.05) is 31.1 Å². The molecule has 5 nitrogen and oxygen atoms in total. The van der Waals surface area contributed by atoms with Crippen LogP contribution in [0.3, 0.4) is 0 Å². The minimum atomic E-state index is 0.154. The SMILES string of the molecule is CCn1c(C)cc(C(=O)N2CCN(c3nc4ccccc4s3)CC2)c1C. The molecular weight excluding hydrogens is 344 g/mol. The number of hydrogen-bond donors (Lipinski definition) is 0. The molecule has 1 aromatic carbocycles. The number of fused-ring (bicyclic) bond motifs is 1. The minimum Gasteiger partial charge on any atom is -0.349 e. The van der Waals surface area contributed by atoms with E-state index < -0.39 is 0 Å². The number of aromatic nitrogens is 2. The molecule has 3 aromatic rings. The Morgan fingerprint density at radius 3 is 2.54 bits per heavy atom. The molecule has 0 unspecified atom stereocenters. The lowest BCUT2D eigenvalue weighted by atomic mass is 10.2. The molecule has 1 aliphatic heterocycles. The Bertz CT molecular complexity index is 917. The molecule has 1 amide bonds. The summed E-state index contributed by atoms with van der Waals surface area (Å²) in [5.41, 5.74) is 4.13. The van der Waals surface area contributed by atoms with Crippen LogP contribution in [0.4, 0.5) is 5.13 Å². The third kappa shape index (κ3) is 2.88. The zero-order valence-electron chi connectivity index (χ0n) is 15.5. The average Bonchev–Trinajstić information content (AvgIpc) is 3.22. The fourth-order valence-electron chi connectivity index (χ4n) is 3.77. The van der Waals surface area contributed by atoms with Crippen molar-refractivity contribution < 1.29 is 4.79 Å². The van der Waals surface area contributed by atoms with E-state index in [0.717, 1.165) is 60.3 Å². The summed E-state index contributed by atoms with van der Waals surface area (Å²) in [4.78, 5) is 22.0. The molecule has 3 heterocycles. The lowest BCUT2D eigenvalue weighted by Crippen LogP contribution is -2.48. The number of nitrogens with zero attached hydrogens (tertiary/aromatic N) is 4. The van der Waals surface area contributed by atoms with Gasteiger partial charge in [-0.3, -0.25) is 4.79 Å². The van der Waals surface area contributed by atoms with E-state index in [0.29, 0.717) is 0 Å². The van der Waals surface area contributed by atoms with Crippen LogP contribution in [0.1, 0.15) is 28.7 Å². The Balaban J connectivity index is 1.47. The lowest BCUT2D eigenvalue weighted by molar-refractivity contribution is 0.0746. The maximum Gasteiger partial charge on any atom is 0.255 e. The highest BCUT2D eigenvalue weighted by atomic mass is 32.1. The molecule has 4 rings (SSSR count). The van der Waals surface area contributed by atoms with Crippen LogP contribution in [0.5, 0.6) is 0 Å². The number of carbonyl (C=O) groups excluding carboxylic acids is 1. The highest BCUT2D eigenvalue weighted by Crippen LogP contribution is 2.29. The normalized spacial score (nSPS) is 15.0. The van der Waals surface area contributed by atoms with Gasteiger partial charge in [0.15, 0.2) is 5.13 Å². The molecule has 0 radical (unpaired) electrons. The van der Waals surface area contributed by atoms with E-state index in [1.54, 1.807) is 11.3 Å². The van der Waals surface area contributed by atoms with Crippen molar-refractivity contribution in [3.63, 3.8) is 0 Å². The number of anilines is 1. The van der Waals surface area contributed by atoms with Gasteiger partial charge < -0.3 is 14.4 Å². The number of carbonyl (C=O) groups is 1. The van der Waals surface area contributed by atoms with Crippen LogP contribution in [0.2, 0.25) is 0 Å². The van der Waals surface area contributed by atoms with Gasteiger partial charge in [0.1, 0.15) is 0 Å². The number of hydrogen-bond acceptors (Lipinski definition) is 4. The zero-order valence-corrected chi connectivity index (χ0v) is 16.3. The molecule has 1 saturated heterocycles. The lowest BCUT2D eigenvalue weighted by Gasteiger charge is -2.34. The first-order chi connectivity index (χ1) is 12.6. The van der Waals surface area contributed by atoms with E-state index in [1.165, 1.54) is 4.70 Å². The quantitative estimate of drug-likeness (QED) is 0.708. The third-order valence-electron chi connectivity index (χ3n) is 5.24. The van der Waals surface area contributed by atoms with Gasteiger partial charge >= 0.3 is 0 Å². The standard InChI is InChI=1S/C20H24N4OS/c1-4-24-14(2)13-16(15(24)3)19(25)22-9-11-23(12-10-22)20-21-17-7-5-6-8-18(17)26-20/h5-8,13H,4,9-12H2,1-3H3. The molecule has 0 N–H and O–H groups in total. The molecule has 2 aromatic heterocycles. The van der Waals surface area contributed by atoms with E-state index in [-0.39, 0.29) is 5.91 Å². The molecule has 0 spiro atoms. The molecule has 0 aliphatic carbocycles. The van der Waals surface area contributed by atoms with Gasteiger partial charge in [-0.25, -0.2) is 4.98 Å². The summed E-state index contributed by atoms with van der Waals surface area (Å²) in [7, 11) is 0. The highest BCUT2D eigenvalue weighted by Gasteiger charge is 2.26. The fraction of sp³-hybridized carbons (Fsp3) is 0.400. The van der Waals surface area contributed by atoms with Crippen molar-refractivity contribution in [2.24, 2.45) is 0 Å². The van der Waals surface area contributed by atoms with Crippen LogP contribution in [-0.2, 0) is 6.54 Å². The van der Waals surface area contributed by atoms with E-state index >= 15 is 0 Å². The van der Waals surface area contributed by atoms with E-state index in [2.05, 4.69) is 35.4 Å². The van der Waals surface area contributed by atoms with E-state index in [4.69, 9.17) is 4.98 Å². The van der Waals surface area contributed by atoms with E-state index in [9.17, 15) is 4.79 Å². The van der Waals surface area contributed by atoms with Crippen molar-refractivity contribution in [3.05, 3.63) is 47.3 Å². The van der Waals surface area contributed by atoms with Crippen molar-refractivity contribution in [1.29, 1.82) is 0 Å². The van der Waals surface area contributed by atoms with Gasteiger partial charge in [-0.05, 0) is 39.0 Å². The van der Waals surface area contributed by atoms with Crippen LogP contribution in [0.15, 0.2) is 30.3 Å². The summed E-state index contributed by atoms with van der Waals surface area (Å²) >= 11 is 1.73. The number of amides is 1. The van der Waals surface area contributed by atoms with E-state index in [1.807, 2.05) is 30.0 Å². The monoisotopic (exact) mass is 368 g/mol. The van der Waals surface area contributed by atoms with Gasteiger partial charge in [-0.15, -0.1) is 0 Å². The maximum atomic E-state index is 13.0. The summed E-state index contributed by atoms with van der Waals surface area (Å²) in [6.07, 6.45) is 0. The fourth-order valence-corrected chi connectivity index (χ4v) is 4.79. The molecular formula is C20H24N4OS. The Labute approximate surface area is 157 Å². The predicted octanol–water partition coefficient (Wildman–Crippen LogP) is 3.70. The topological polar surface area (TPSA) is 41.4 Å². The smallest absolute Gasteiger partial charge is 0.255 e. The second kappa shape index (κ2) is 6.76. The Morgan fingerprint density at radius 2 is 1.88 bits per heavy atom. The number of piperazine rings is 1. The highest BCUT2D eigenvalue weighted by molar-refractivity contribution is 7.22. The second-order valence-corrected chi connectivity index (χ2v) is 7.78. The van der Waals surface area contributed by atoms with Crippen LogP contribution in [-0.4, -0.2) is 46.5 Å². The molecule has 0 saturated carbocycles. The maximum absolute atomic E-state index is 13.0. The summed E-state index contributed by atoms with van der Waals surface area (Å²) in [6.45, 7) is 10.3. The largest absolute Gasteiger partial charge is 0.349 e. The van der Waals surface area contributed by atoms with Crippen LogP contribution >= 0.6 is 11.3 Å². The van der Waals surface area contributed by atoms with Crippen molar-refractivity contribution in [1.82, 2.24) is 14.5 Å². The molecule has 0 atom stereocenters. The molecule has 1 aliphatic rings. The van der Waals surface area contributed by atoms with Crippen molar-refractivity contribution in [3.8, 4) is 0 Å². The van der Waals surface area contributed by atoms with Gasteiger partial charge in [0, 0.05) is 44.1 Å². The van der Waals surface area contributed by atoms with Crippen LogP contribution in [0.25, 0.3) is 10.2 Å². The summed E-state index contributed by atoms with van der Waals surface area (Å²) < 4.78 is 3.41. The molecule has 6 heteroatoms. The summed E-state index contributed by atoms with van der Waals surface area (Å²) in [5.74, 6) is 0.154. The molecule has 0 bridgehead atoms. The number of thiazole rings is 1. The van der Waals surface area contributed by atoms with Crippen molar-refractivity contribution in [2.45, 2.75) is 27.3 Å². The van der Waals surface area contributed by atoms with Gasteiger partial charge in [0.25, 0.3) is 5.91 Å². The number of rotatable bonds is 3. The van der Waals surface area contributed by atoms with Gasteiger partial charge in [-0.1, -0.05) is 23.5 Å². The minimum absolute atomic E-state index is 0.154. The third-order valence-corrected chi connectivity index (χ3v) is 6.34. The average molecular weight is 369 g/mol. The number of para-hydroxylation sites is 1. The molecule has 26 heavy (non-hydrogen) atoms. The Morgan fingerprint density at radius 1 is 1.15 bits per heavy atom.